The Balaban J connectivity index is -0.000000557. The molecule has 2 atom stereocenters. The first kappa shape index (κ1) is 42.3. The summed E-state index contributed by atoms with van der Waals surface area (Å²) in [4.78, 5) is 75.6. The molecule has 0 bridgehead atoms. The predicted molar refractivity (Wildman–Crippen MR) is 150 cm³/mol. The average Bonchev–Trinajstić information content (AvgIpc) is 3.24. The molecule has 0 fully saturated rings. The van der Waals surface area contributed by atoms with E-state index in [0.29, 0.717) is 25.3 Å². The van der Waals surface area contributed by atoms with Crippen LogP contribution < -0.4 is 11.1 Å². The fourth-order valence-corrected chi connectivity index (χ4v) is 2.62. The van der Waals surface area contributed by atoms with E-state index in [1.165, 1.54) is 0 Å². The van der Waals surface area contributed by atoms with Gasteiger partial charge in [-0.05, 0) is 73.4 Å². The largest absolute Gasteiger partial charge is 0.481 e. The van der Waals surface area contributed by atoms with Crippen molar-refractivity contribution in [1.82, 2.24) is 15.1 Å². The number of unbranched alkanes of at least 4 members (excludes halogenated alkanes) is 2. The highest BCUT2D eigenvalue weighted by atomic mass is 16.6. The van der Waals surface area contributed by atoms with Crippen molar-refractivity contribution in [3.05, 3.63) is 24.3 Å². The number of nitrogens with two attached hydrogens (primary N) is 1. The molecule has 0 aromatic rings. The van der Waals surface area contributed by atoms with Gasteiger partial charge in [0.05, 0.1) is 0 Å². The fourth-order valence-electron chi connectivity index (χ4n) is 2.62. The van der Waals surface area contributed by atoms with Crippen LogP contribution >= 0.6 is 0 Å². The van der Waals surface area contributed by atoms with Crippen LogP contribution in [-0.4, -0.2) is 125 Å². The highest BCUT2D eigenvalue weighted by Gasteiger charge is 2.18. The van der Waals surface area contributed by atoms with E-state index in [2.05, 4.69) is 15.0 Å². The Morgan fingerprint density at radius 3 is 1.55 bits per heavy atom. The van der Waals surface area contributed by atoms with E-state index in [1.54, 1.807) is 0 Å². The molecule has 0 saturated heterocycles. The second-order valence-corrected chi connectivity index (χ2v) is 9.21. The average molecular weight is 605 g/mol. The van der Waals surface area contributed by atoms with Crippen LogP contribution in [0, 0.1) is 0 Å². The van der Waals surface area contributed by atoms with Crippen molar-refractivity contribution in [2.75, 3.05) is 41.3 Å². The van der Waals surface area contributed by atoms with E-state index >= 15 is 0 Å². The number of amides is 1. The second kappa shape index (κ2) is 25.8. The molecular weight excluding hydrogens is 560 g/mol. The Labute approximate surface area is 244 Å². The van der Waals surface area contributed by atoms with Crippen molar-refractivity contribution >= 4 is 41.7 Å². The van der Waals surface area contributed by atoms with Crippen LogP contribution in [0.3, 0.4) is 0 Å². The number of carboxylic acids is 4. The van der Waals surface area contributed by atoms with Crippen molar-refractivity contribution < 1.29 is 58.7 Å². The molecule has 7 N–H and O–H groups in total. The number of cyclic esters (lactones) is 2. The third kappa shape index (κ3) is 33.9. The third-order valence-electron chi connectivity index (χ3n) is 4.58. The molecule has 0 aromatic heterocycles. The Morgan fingerprint density at radius 2 is 1.24 bits per heavy atom. The highest BCUT2D eigenvalue weighted by molar-refractivity contribution is 6.04. The molecule has 1 amide bonds. The Kier molecular flexibility index (Phi) is 26.0. The summed E-state index contributed by atoms with van der Waals surface area (Å²) in [5, 5.41) is 35.4. The first-order valence-corrected chi connectivity index (χ1v) is 12.7. The van der Waals surface area contributed by atoms with E-state index in [4.69, 9.17) is 31.0 Å². The van der Waals surface area contributed by atoms with Gasteiger partial charge in [-0.3, -0.25) is 14.4 Å². The maximum absolute atomic E-state index is 11.3. The van der Waals surface area contributed by atoms with Gasteiger partial charge in [0.1, 0.15) is 12.1 Å². The number of aliphatic carboxylic acids is 4. The molecular formula is C26H44N4O12. The van der Waals surface area contributed by atoms with Crippen molar-refractivity contribution in [3.8, 4) is 0 Å². The molecule has 1 heterocycles. The standard InChI is InChI=1S/C12H20N2O5.C8H18N2O2.C4H2O3.C2H4O2/c1-14(2)8-4-3-5-9(12(18)19)13-10(15)6-7-11(16)17;1-10(2)6-4-3-5-7(9)8(11)12;5-3-1-2-4(6)7-3;1-2(3)4/h6-7,9H,3-5,8H2,1-2H3,(H,13,15)(H,16,17)(H,18,19);7H,3-6,9H2,1-2H3,(H,11,12);1-2H;1H3,(H,3,4)/b7-6-;;;/t9-;7-;;/m00../s1. The third-order valence-corrected chi connectivity index (χ3v) is 4.58. The van der Waals surface area contributed by atoms with Gasteiger partial charge in [0.25, 0.3) is 5.97 Å². The second-order valence-electron chi connectivity index (χ2n) is 9.21. The predicted octanol–water partition coefficient (Wildman–Crippen LogP) is -0.224. The van der Waals surface area contributed by atoms with Crippen LogP contribution in [0.4, 0.5) is 0 Å². The summed E-state index contributed by atoms with van der Waals surface area (Å²) < 4.78 is 3.97. The lowest BCUT2D eigenvalue weighted by Crippen LogP contribution is -2.40. The number of esters is 2. The minimum absolute atomic E-state index is 0.315. The number of rotatable bonds is 15. The molecule has 1 aliphatic heterocycles. The number of hydrogen-bond donors (Lipinski definition) is 6. The van der Waals surface area contributed by atoms with Crippen LogP contribution in [0.2, 0.25) is 0 Å². The zero-order valence-corrected chi connectivity index (χ0v) is 24.6. The minimum Gasteiger partial charge on any atom is -0.481 e. The maximum Gasteiger partial charge on any atom is 0.338 e. The van der Waals surface area contributed by atoms with Crippen molar-refractivity contribution in [1.29, 1.82) is 0 Å². The number of carbonyl (C=O) groups excluding carboxylic acids is 3. The van der Waals surface area contributed by atoms with Gasteiger partial charge in [-0.2, -0.15) is 0 Å². The monoisotopic (exact) mass is 604 g/mol. The topological polar surface area (TPSA) is 254 Å². The van der Waals surface area contributed by atoms with Gasteiger partial charge in [0.2, 0.25) is 5.91 Å². The molecule has 240 valence electrons. The Morgan fingerprint density at radius 1 is 0.810 bits per heavy atom. The van der Waals surface area contributed by atoms with Gasteiger partial charge in [-0.1, -0.05) is 6.42 Å². The fraction of sp³-hybridized carbons (Fsp3) is 0.577. The molecule has 1 aliphatic rings. The number of carbonyl (C=O) groups is 7. The van der Waals surface area contributed by atoms with E-state index in [9.17, 15) is 28.8 Å². The molecule has 0 aromatic carbocycles. The molecule has 16 heteroatoms. The van der Waals surface area contributed by atoms with Gasteiger partial charge in [-0.15, -0.1) is 0 Å². The van der Waals surface area contributed by atoms with E-state index in [-0.39, 0.29) is 0 Å². The summed E-state index contributed by atoms with van der Waals surface area (Å²) in [6.45, 7) is 2.92. The lowest BCUT2D eigenvalue weighted by Gasteiger charge is -2.14. The molecule has 0 unspecified atom stereocenters. The number of carboxylic acid groups (broad SMARTS) is 4. The van der Waals surface area contributed by atoms with Gasteiger partial charge in [0.15, 0.2) is 0 Å². The van der Waals surface area contributed by atoms with E-state index < -0.39 is 53.8 Å². The quantitative estimate of drug-likeness (QED) is 0.0611. The zero-order chi connectivity index (χ0) is 33.3. The van der Waals surface area contributed by atoms with Crippen LogP contribution in [0.25, 0.3) is 0 Å². The van der Waals surface area contributed by atoms with Crippen LogP contribution in [0.15, 0.2) is 24.3 Å². The molecule has 1 rings (SSSR count). The smallest absolute Gasteiger partial charge is 0.338 e. The Hall–Kier alpha value is -4.15. The number of nitrogens with one attached hydrogen (secondary N) is 1. The normalized spacial score (nSPS) is 13.0. The first-order valence-electron chi connectivity index (χ1n) is 12.7. The summed E-state index contributed by atoms with van der Waals surface area (Å²) >= 11 is 0. The van der Waals surface area contributed by atoms with Crippen molar-refractivity contribution in [2.24, 2.45) is 5.73 Å². The van der Waals surface area contributed by atoms with Gasteiger partial charge in [-0.25, -0.2) is 19.2 Å². The molecule has 0 saturated carbocycles. The number of ether oxygens (including phenoxy) is 1. The molecule has 0 radical (unpaired) electrons. The SMILES string of the molecule is CC(=O)O.CN(C)CCCC[C@H](N)C(=O)O.CN(C)CCCC[C@H](NC(=O)/C=C\C(=O)O)C(=O)O.O=C1C=CC(=O)O1. The van der Waals surface area contributed by atoms with Gasteiger partial charge in [0, 0.05) is 31.2 Å². The molecule has 0 spiro atoms. The first-order chi connectivity index (χ1) is 19.4. The number of nitrogens with zero attached hydrogens (tertiary/aromatic N) is 2. The number of hydrogen-bond acceptors (Lipinski definition) is 11. The summed E-state index contributed by atoms with van der Waals surface area (Å²) in [7, 11) is 7.84. The molecule has 16 nitrogen and oxygen atoms in total. The lowest BCUT2D eigenvalue weighted by molar-refractivity contribution is -0.150. The van der Waals surface area contributed by atoms with E-state index in [1.807, 2.05) is 33.1 Å². The van der Waals surface area contributed by atoms with Crippen LogP contribution in [0.1, 0.15) is 45.4 Å². The molecule has 42 heavy (non-hydrogen) atoms. The zero-order valence-electron chi connectivity index (χ0n) is 24.6. The summed E-state index contributed by atoms with van der Waals surface area (Å²) in [6, 6.07) is -1.68. The maximum atomic E-state index is 11.3. The lowest BCUT2D eigenvalue weighted by atomic mass is 10.1. The summed E-state index contributed by atoms with van der Waals surface area (Å²) in [6.07, 6.45) is 7.91. The summed E-state index contributed by atoms with van der Waals surface area (Å²) in [5.74, 6) is -5.99. The van der Waals surface area contributed by atoms with Crippen molar-refractivity contribution in [3.63, 3.8) is 0 Å². The highest BCUT2D eigenvalue weighted by Crippen LogP contribution is 2.03. The van der Waals surface area contributed by atoms with Crippen LogP contribution in [0.5, 0.6) is 0 Å². The Bertz CT molecular complexity index is 912. The van der Waals surface area contributed by atoms with Crippen LogP contribution in [-0.2, 0) is 38.3 Å². The summed E-state index contributed by atoms with van der Waals surface area (Å²) in [5.41, 5.74) is 5.32. The minimum atomic E-state index is -1.26. The van der Waals surface area contributed by atoms with E-state index in [0.717, 1.165) is 57.5 Å². The van der Waals surface area contributed by atoms with Gasteiger partial charge >= 0.3 is 29.8 Å². The van der Waals surface area contributed by atoms with Crippen molar-refractivity contribution in [2.45, 2.75) is 57.5 Å². The molecule has 0 aliphatic carbocycles. The van der Waals surface area contributed by atoms with Gasteiger partial charge < -0.3 is 46.0 Å².